The number of halogens is 1. The van der Waals surface area contributed by atoms with Crippen LogP contribution in [0.3, 0.4) is 0 Å². The number of unbranched alkanes of at least 4 members (excludes halogenated alkanes) is 9. The minimum absolute atomic E-state index is 0.0485. The van der Waals surface area contributed by atoms with Gasteiger partial charge in [-0.15, -0.1) is 11.8 Å². The summed E-state index contributed by atoms with van der Waals surface area (Å²) in [6.45, 7) is 5.89. The van der Waals surface area contributed by atoms with Crippen LogP contribution in [0.15, 0.2) is 53.6 Å². The Morgan fingerprint density at radius 2 is 1.70 bits per heavy atom. The van der Waals surface area contributed by atoms with E-state index in [1.54, 1.807) is 0 Å². The van der Waals surface area contributed by atoms with Gasteiger partial charge < -0.3 is 15.0 Å². The van der Waals surface area contributed by atoms with E-state index in [0.717, 1.165) is 30.1 Å². The molecule has 202 valence electrons. The van der Waals surface area contributed by atoms with Crippen molar-refractivity contribution in [2.24, 2.45) is 0 Å². The van der Waals surface area contributed by atoms with Gasteiger partial charge in [-0.3, -0.25) is 4.79 Å². The maximum atomic E-state index is 12.7. The van der Waals surface area contributed by atoms with Crippen LogP contribution in [0.4, 0.5) is 5.69 Å². The number of nitrogens with one attached hydrogen (secondary N) is 1. The van der Waals surface area contributed by atoms with Gasteiger partial charge in [-0.2, -0.15) is 0 Å². The highest BCUT2D eigenvalue weighted by molar-refractivity contribution is 8.03. The molecule has 2 aromatic rings. The molecule has 4 nitrogen and oxygen atoms in total. The van der Waals surface area contributed by atoms with Crippen LogP contribution < -0.4 is 10.1 Å². The van der Waals surface area contributed by atoms with Crippen molar-refractivity contribution in [3.63, 3.8) is 0 Å². The van der Waals surface area contributed by atoms with Crippen LogP contribution >= 0.6 is 23.4 Å². The number of allylic oxidation sites excluding steroid dienone is 1. The van der Waals surface area contributed by atoms with Crippen LogP contribution in [0.1, 0.15) is 89.2 Å². The molecular formula is C31H43ClN2O2S. The number of hydrogen-bond donors (Lipinski definition) is 1. The average Bonchev–Trinajstić information content (AvgIpc) is 3.28. The molecule has 0 aliphatic carbocycles. The number of nitrogens with zero attached hydrogens (tertiary/aromatic N) is 1. The van der Waals surface area contributed by atoms with E-state index in [2.05, 4.69) is 36.3 Å². The van der Waals surface area contributed by atoms with Gasteiger partial charge in [-0.1, -0.05) is 94.5 Å². The van der Waals surface area contributed by atoms with Crippen LogP contribution in [-0.4, -0.2) is 23.3 Å². The Balaban J connectivity index is 1.37. The van der Waals surface area contributed by atoms with Crippen molar-refractivity contribution < 1.29 is 9.53 Å². The standard InChI is InChI=1S/C31H43ClN2O2S/c1-3-4-5-6-7-8-9-10-11-12-18-36-30-20-26(16-17-29(30)32)21-31(35)33-28-15-13-14-27(19-28)23-34-22-25(2)37-24-34/h13-17,19-20,22H,3-12,18,21,23-24H2,1-2H3,(H,33,35). The van der Waals surface area contributed by atoms with Crippen LogP contribution in [-0.2, 0) is 17.8 Å². The zero-order valence-corrected chi connectivity index (χ0v) is 24.1. The van der Waals surface area contributed by atoms with E-state index in [1.807, 2.05) is 48.2 Å². The zero-order valence-electron chi connectivity index (χ0n) is 22.6. The molecule has 1 N–H and O–H groups in total. The van der Waals surface area contributed by atoms with Crippen LogP contribution in [0, 0.1) is 0 Å². The monoisotopic (exact) mass is 542 g/mol. The molecule has 0 atom stereocenters. The fourth-order valence-corrected chi connectivity index (χ4v) is 5.45. The number of ether oxygens (including phenoxy) is 1. The van der Waals surface area contributed by atoms with E-state index in [1.165, 1.54) is 68.3 Å². The van der Waals surface area contributed by atoms with E-state index in [4.69, 9.17) is 16.3 Å². The molecule has 0 saturated carbocycles. The molecular weight excluding hydrogens is 500 g/mol. The maximum Gasteiger partial charge on any atom is 0.228 e. The first-order chi connectivity index (χ1) is 18.0. The molecule has 0 aromatic heterocycles. The Bertz CT molecular complexity index is 1010. The summed E-state index contributed by atoms with van der Waals surface area (Å²) < 4.78 is 5.96. The maximum absolute atomic E-state index is 12.7. The number of thioether (sulfide) groups is 1. The second-order valence-corrected chi connectivity index (χ2v) is 11.6. The minimum Gasteiger partial charge on any atom is -0.492 e. The van der Waals surface area contributed by atoms with Crippen molar-refractivity contribution in [2.45, 2.75) is 91.0 Å². The Labute approximate surface area is 233 Å². The van der Waals surface area contributed by atoms with Gasteiger partial charge in [0.2, 0.25) is 5.91 Å². The van der Waals surface area contributed by atoms with Crippen LogP contribution in [0.2, 0.25) is 5.02 Å². The highest BCUT2D eigenvalue weighted by Gasteiger charge is 2.12. The summed E-state index contributed by atoms with van der Waals surface area (Å²) in [4.78, 5) is 16.3. The number of hydrogen-bond acceptors (Lipinski definition) is 4. The summed E-state index contributed by atoms with van der Waals surface area (Å²) in [7, 11) is 0. The molecule has 6 heteroatoms. The largest absolute Gasteiger partial charge is 0.492 e. The van der Waals surface area contributed by atoms with E-state index < -0.39 is 0 Å². The van der Waals surface area contributed by atoms with Crippen molar-refractivity contribution >= 4 is 35.0 Å². The molecule has 1 amide bonds. The molecule has 0 saturated heterocycles. The Morgan fingerprint density at radius 1 is 0.973 bits per heavy atom. The summed E-state index contributed by atoms with van der Waals surface area (Å²) >= 11 is 8.21. The minimum atomic E-state index is -0.0485. The number of carbonyl (C=O) groups is 1. The fraction of sp³-hybridized carbons (Fsp3) is 0.516. The van der Waals surface area contributed by atoms with Crippen LogP contribution in [0.25, 0.3) is 0 Å². The van der Waals surface area contributed by atoms with Gasteiger partial charge in [0.05, 0.1) is 23.9 Å². The number of anilines is 1. The Morgan fingerprint density at radius 3 is 2.41 bits per heavy atom. The summed E-state index contributed by atoms with van der Waals surface area (Å²) in [6.07, 6.45) is 15.4. The molecule has 0 spiro atoms. The van der Waals surface area contributed by atoms with E-state index in [0.29, 0.717) is 17.4 Å². The lowest BCUT2D eigenvalue weighted by Gasteiger charge is -2.15. The molecule has 0 bridgehead atoms. The van der Waals surface area contributed by atoms with Gasteiger partial charge in [-0.05, 0) is 53.6 Å². The molecule has 2 aromatic carbocycles. The second kappa shape index (κ2) is 16.7. The Hall–Kier alpha value is -2.11. The van der Waals surface area contributed by atoms with E-state index in [9.17, 15) is 4.79 Å². The van der Waals surface area contributed by atoms with Crippen molar-refractivity contribution in [1.29, 1.82) is 0 Å². The first kappa shape index (κ1) is 29.4. The lowest BCUT2D eigenvalue weighted by molar-refractivity contribution is -0.115. The highest BCUT2D eigenvalue weighted by atomic mass is 35.5. The molecule has 1 heterocycles. The van der Waals surface area contributed by atoms with Crippen molar-refractivity contribution in [3.05, 3.63) is 69.7 Å². The lowest BCUT2D eigenvalue weighted by atomic mass is 10.1. The predicted octanol–water partition coefficient (Wildman–Crippen LogP) is 9.19. The molecule has 0 unspecified atom stereocenters. The predicted molar refractivity (Wildman–Crippen MR) is 159 cm³/mol. The summed E-state index contributed by atoms with van der Waals surface area (Å²) in [5, 5.41) is 3.63. The smallest absolute Gasteiger partial charge is 0.228 e. The molecule has 0 fully saturated rings. The molecule has 3 rings (SSSR count). The second-order valence-electron chi connectivity index (χ2n) is 9.98. The third-order valence-electron chi connectivity index (χ3n) is 6.53. The third kappa shape index (κ3) is 11.4. The summed E-state index contributed by atoms with van der Waals surface area (Å²) in [5.41, 5.74) is 2.89. The molecule has 0 radical (unpaired) electrons. The lowest BCUT2D eigenvalue weighted by Crippen LogP contribution is -2.15. The summed E-state index contributed by atoms with van der Waals surface area (Å²) in [5.74, 6) is 1.59. The third-order valence-corrected chi connectivity index (χ3v) is 7.87. The quantitative estimate of drug-likeness (QED) is 0.202. The fourth-order valence-electron chi connectivity index (χ4n) is 4.52. The zero-order chi connectivity index (χ0) is 26.3. The number of amides is 1. The van der Waals surface area contributed by atoms with E-state index in [-0.39, 0.29) is 12.3 Å². The van der Waals surface area contributed by atoms with Gasteiger partial charge in [0.15, 0.2) is 0 Å². The average molecular weight is 543 g/mol. The van der Waals surface area contributed by atoms with Crippen molar-refractivity contribution in [2.75, 3.05) is 17.8 Å². The van der Waals surface area contributed by atoms with Gasteiger partial charge in [0.25, 0.3) is 0 Å². The van der Waals surface area contributed by atoms with Crippen LogP contribution in [0.5, 0.6) is 5.75 Å². The van der Waals surface area contributed by atoms with Crippen molar-refractivity contribution in [1.82, 2.24) is 4.90 Å². The number of rotatable bonds is 17. The Kier molecular flexibility index (Phi) is 13.3. The molecule has 37 heavy (non-hydrogen) atoms. The number of benzene rings is 2. The van der Waals surface area contributed by atoms with Gasteiger partial charge in [0.1, 0.15) is 5.75 Å². The molecule has 1 aliphatic rings. The summed E-state index contributed by atoms with van der Waals surface area (Å²) in [6, 6.07) is 13.7. The van der Waals surface area contributed by atoms with Gasteiger partial charge in [0, 0.05) is 18.4 Å². The number of carbonyl (C=O) groups excluding carboxylic acids is 1. The normalized spacial score (nSPS) is 13.1. The molecule has 1 aliphatic heterocycles. The van der Waals surface area contributed by atoms with Crippen molar-refractivity contribution in [3.8, 4) is 5.75 Å². The SMILES string of the molecule is CCCCCCCCCCCCOc1cc(CC(=O)Nc2cccc(CN3C=C(C)SC3)c2)ccc1Cl. The first-order valence-electron chi connectivity index (χ1n) is 13.9. The first-order valence-corrected chi connectivity index (χ1v) is 15.2. The topological polar surface area (TPSA) is 41.6 Å². The van der Waals surface area contributed by atoms with E-state index >= 15 is 0 Å². The highest BCUT2D eigenvalue weighted by Crippen LogP contribution is 2.27. The van der Waals surface area contributed by atoms with Gasteiger partial charge >= 0.3 is 0 Å². The van der Waals surface area contributed by atoms with Gasteiger partial charge in [-0.25, -0.2) is 0 Å².